The molecule has 1 aromatic rings. The molecular formula is C14H21Cl3N2. The molecule has 1 saturated heterocycles. The summed E-state index contributed by atoms with van der Waals surface area (Å²) in [4.78, 5) is 2.52. The highest BCUT2D eigenvalue weighted by atomic mass is 35.5. The van der Waals surface area contributed by atoms with Crippen molar-refractivity contribution in [2.75, 3.05) is 26.2 Å². The number of nitrogens with one attached hydrogen (secondary N) is 1. The van der Waals surface area contributed by atoms with Crippen LogP contribution in [0.2, 0.25) is 5.02 Å². The Bertz CT molecular complexity index is 361. The van der Waals surface area contributed by atoms with E-state index in [1.165, 1.54) is 5.56 Å². The van der Waals surface area contributed by atoms with Crippen LogP contribution in [0.25, 0.3) is 0 Å². The number of halogens is 3. The third kappa shape index (κ3) is 5.33. The van der Waals surface area contributed by atoms with Crippen molar-refractivity contribution in [3.8, 4) is 0 Å². The zero-order valence-corrected chi connectivity index (χ0v) is 13.2. The Balaban J connectivity index is 0.00000162. The van der Waals surface area contributed by atoms with Crippen molar-refractivity contribution in [2.24, 2.45) is 0 Å². The molecule has 1 N–H and O–H groups in total. The fourth-order valence-electron chi connectivity index (χ4n) is 2.33. The van der Waals surface area contributed by atoms with Crippen LogP contribution < -0.4 is 5.32 Å². The van der Waals surface area contributed by atoms with Crippen LogP contribution in [-0.2, 0) is 0 Å². The van der Waals surface area contributed by atoms with Gasteiger partial charge in [-0.2, -0.15) is 0 Å². The summed E-state index contributed by atoms with van der Waals surface area (Å²) in [6.45, 7) is 8.21. The first-order valence-corrected chi connectivity index (χ1v) is 6.50. The van der Waals surface area contributed by atoms with E-state index in [-0.39, 0.29) is 24.8 Å². The van der Waals surface area contributed by atoms with Crippen molar-refractivity contribution in [3.05, 3.63) is 47.5 Å². The topological polar surface area (TPSA) is 15.3 Å². The van der Waals surface area contributed by atoms with E-state index in [0.717, 1.165) is 37.6 Å². The molecule has 1 aromatic carbocycles. The first-order chi connectivity index (χ1) is 8.31. The molecule has 1 aliphatic rings. The minimum Gasteiger partial charge on any atom is -0.314 e. The quantitative estimate of drug-likeness (QED) is 0.850. The molecule has 108 valence electrons. The van der Waals surface area contributed by atoms with E-state index in [1.807, 2.05) is 18.2 Å². The van der Waals surface area contributed by atoms with Crippen LogP contribution >= 0.6 is 36.4 Å². The molecule has 2 nitrogen and oxygen atoms in total. The molecule has 2 rings (SSSR count). The summed E-state index contributed by atoms with van der Waals surface area (Å²) in [5.41, 5.74) is 1.33. The Morgan fingerprint density at radius 1 is 1.21 bits per heavy atom. The van der Waals surface area contributed by atoms with Gasteiger partial charge in [0.05, 0.1) is 0 Å². The van der Waals surface area contributed by atoms with E-state index in [2.05, 4.69) is 28.9 Å². The van der Waals surface area contributed by atoms with Gasteiger partial charge in [0.1, 0.15) is 0 Å². The Morgan fingerprint density at radius 3 is 2.32 bits per heavy atom. The predicted molar refractivity (Wildman–Crippen MR) is 87.9 cm³/mol. The Hall–Kier alpha value is -0.250. The summed E-state index contributed by atoms with van der Waals surface area (Å²) < 4.78 is 0. The van der Waals surface area contributed by atoms with Crippen LogP contribution in [0.3, 0.4) is 0 Å². The Labute approximate surface area is 133 Å². The lowest BCUT2D eigenvalue weighted by molar-refractivity contribution is 0.174. The molecule has 5 heteroatoms. The summed E-state index contributed by atoms with van der Waals surface area (Å²) in [6, 6.07) is 8.62. The molecule has 0 aliphatic carbocycles. The lowest BCUT2D eigenvalue weighted by Gasteiger charge is -2.34. The molecular weight excluding hydrogens is 303 g/mol. The second kappa shape index (κ2) is 9.62. The molecule has 0 saturated carbocycles. The molecule has 0 bridgehead atoms. The van der Waals surface area contributed by atoms with E-state index >= 15 is 0 Å². The molecule has 1 fully saturated rings. The number of rotatable bonds is 4. The van der Waals surface area contributed by atoms with E-state index in [1.54, 1.807) is 0 Å². The molecule has 0 aromatic heterocycles. The van der Waals surface area contributed by atoms with Crippen molar-refractivity contribution >= 4 is 36.4 Å². The van der Waals surface area contributed by atoms with Gasteiger partial charge in [-0.05, 0) is 24.1 Å². The minimum atomic E-state index is 0. The SMILES string of the molecule is C=CC[C@@H](c1ccc(Cl)cc1)N1CCNCC1.Cl.Cl. The summed E-state index contributed by atoms with van der Waals surface area (Å²) >= 11 is 5.94. The molecule has 1 atom stereocenters. The van der Waals surface area contributed by atoms with Crippen LogP contribution in [0.1, 0.15) is 18.0 Å². The maximum Gasteiger partial charge on any atom is 0.0406 e. The van der Waals surface area contributed by atoms with Gasteiger partial charge < -0.3 is 5.32 Å². The normalized spacial score (nSPS) is 16.9. The van der Waals surface area contributed by atoms with Gasteiger partial charge in [-0.15, -0.1) is 31.4 Å². The van der Waals surface area contributed by atoms with Gasteiger partial charge in [0.2, 0.25) is 0 Å². The zero-order chi connectivity index (χ0) is 12.1. The van der Waals surface area contributed by atoms with Gasteiger partial charge >= 0.3 is 0 Å². The number of benzene rings is 1. The monoisotopic (exact) mass is 322 g/mol. The standard InChI is InChI=1S/C14H19ClN2.2ClH/c1-2-3-14(17-10-8-16-9-11-17)12-4-6-13(15)7-5-12;;/h2,4-7,14,16H,1,3,8-11H2;2*1H/t14-;;/m0../s1. The average molecular weight is 324 g/mol. The lowest BCUT2D eigenvalue weighted by Crippen LogP contribution is -2.45. The minimum absolute atomic E-state index is 0. The first kappa shape index (κ1) is 18.8. The third-order valence-electron chi connectivity index (χ3n) is 3.24. The summed E-state index contributed by atoms with van der Waals surface area (Å²) in [5.74, 6) is 0. The molecule has 0 unspecified atom stereocenters. The van der Waals surface area contributed by atoms with Crippen molar-refractivity contribution in [2.45, 2.75) is 12.5 Å². The highest BCUT2D eigenvalue weighted by Crippen LogP contribution is 2.26. The fourth-order valence-corrected chi connectivity index (χ4v) is 2.46. The fraction of sp³-hybridized carbons (Fsp3) is 0.429. The van der Waals surface area contributed by atoms with Gasteiger partial charge in [0.25, 0.3) is 0 Å². The molecule has 0 radical (unpaired) electrons. The van der Waals surface area contributed by atoms with Crippen LogP contribution in [0, 0.1) is 0 Å². The van der Waals surface area contributed by atoms with Gasteiger partial charge in [-0.1, -0.05) is 29.8 Å². The van der Waals surface area contributed by atoms with Crippen LogP contribution in [0.15, 0.2) is 36.9 Å². The molecule has 0 amide bonds. The van der Waals surface area contributed by atoms with Gasteiger partial charge in [-0.25, -0.2) is 0 Å². The Kier molecular flexibility index (Phi) is 9.50. The second-order valence-corrected chi connectivity index (χ2v) is 4.81. The van der Waals surface area contributed by atoms with Crippen molar-refractivity contribution in [1.82, 2.24) is 10.2 Å². The predicted octanol–water partition coefficient (Wildman–Crippen LogP) is 3.71. The molecule has 19 heavy (non-hydrogen) atoms. The van der Waals surface area contributed by atoms with Crippen LogP contribution in [-0.4, -0.2) is 31.1 Å². The van der Waals surface area contributed by atoms with Crippen molar-refractivity contribution in [3.63, 3.8) is 0 Å². The van der Waals surface area contributed by atoms with E-state index < -0.39 is 0 Å². The number of hydrogen-bond acceptors (Lipinski definition) is 2. The molecule has 1 aliphatic heterocycles. The Morgan fingerprint density at radius 2 is 1.79 bits per heavy atom. The summed E-state index contributed by atoms with van der Waals surface area (Å²) in [6.07, 6.45) is 2.99. The average Bonchev–Trinajstić information content (AvgIpc) is 2.38. The van der Waals surface area contributed by atoms with Gasteiger partial charge in [0, 0.05) is 37.2 Å². The molecule has 1 heterocycles. The van der Waals surface area contributed by atoms with Gasteiger partial charge in [-0.3, -0.25) is 4.90 Å². The molecule has 0 spiro atoms. The first-order valence-electron chi connectivity index (χ1n) is 6.12. The largest absolute Gasteiger partial charge is 0.314 e. The van der Waals surface area contributed by atoms with Gasteiger partial charge in [0.15, 0.2) is 0 Å². The maximum absolute atomic E-state index is 5.94. The van der Waals surface area contributed by atoms with E-state index in [0.29, 0.717) is 6.04 Å². The van der Waals surface area contributed by atoms with Crippen LogP contribution in [0.4, 0.5) is 0 Å². The van der Waals surface area contributed by atoms with E-state index in [9.17, 15) is 0 Å². The van der Waals surface area contributed by atoms with Crippen LogP contribution in [0.5, 0.6) is 0 Å². The van der Waals surface area contributed by atoms with Crippen molar-refractivity contribution in [1.29, 1.82) is 0 Å². The number of hydrogen-bond donors (Lipinski definition) is 1. The summed E-state index contributed by atoms with van der Waals surface area (Å²) in [7, 11) is 0. The zero-order valence-electron chi connectivity index (χ0n) is 10.8. The lowest BCUT2D eigenvalue weighted by atomic mass is 10.0. The number of nitrogens with zero attached hydrogens (tertiary/aromatic N) is 1. The smallest absolute Gasteiger partial charge is 0.0406 e. The summed E-state index contributed by atoms with van der Waals surface area (Å²) in [5, 5.41) is 4.18. The van der Waals surface area contributed by atoms with E-state index in [4.69, 9.17) is 11.6 Å². The van der Waals surface area contributed by atoms with Crippen molar-refractivity contribution < 1.29 is 0 Å². The maximum atomic E-state index is 5.94. The highest BCUT2D eigenvalue weighted by molar-refractivity contribution is 6.30. The highest BCUT2D eigenvalue weighted by Gasteiger charge is 2.20. The third-order valence-corrected chi connectivity index (χ3v) is 3.49. The second-order valence-electron chi connectivity index (χ2n) is 4.38. The number of piperazine rings is 1.